The number of nitrogens with zero attached hydrogens (tertiary/aromatic N) is 4. The molecule has 1 fully saturated rings. The molecule has 0 bridgehead atoms. The van der Waals surface area contributed by atoms with Crippen molar-refractivity contribution in [1.82, 2.24) is 24.5 Å². The minimum Gasteiger partial charge on any atom is -0.382 e. The molecular weight excluding hydrogens is 1090 g/mol. The van der Waals surface area contributed by atoms with E-state index in [1.165, 1.54) is 67.2 Å². The summed E-state index contributed by atoms with van der Waals surface area (Å²) >= 11 is 0. The smallest absolute Gasteiger partial charge is 0.382 e. The highest BCUT2D eigenvalue weighted by Crippen LogP contribution is 2.44. The van der Waals surface area contributed by atoms with E-state index in [1.807, 2.05) is 27.7 Å². The lowest BCUT2D eigenvalue weighted by atomic mass is 9.81. The molecule has 0 radical (unpaired) electrons. The molecule has 26 heteroatoms. The SMILES string of the molecule is CCCS(=O)(=O)Oc1c(C(=O)c2ccc3c(c2C)C(C)(C)CS3(=O)=O)cnn1C.COCCOCc1nc(C(F)(F)F)ccc1C(=O)C1C(=O)CCCC1=O.Cc1c(C(=O)c2c[nH]n(C)c2=O)ccc2c1C(C)(C)CS2(=O)=O. The summed E-state index contributed by atoms with van der Waals surface area (Å²) in [4.78, 5) is 78.5. The van der Waals surface area contributed by atoms with Gasteiger partial charge in [0.15, 0.2) is 48.6 Å². The summed E-state index contributed by atoms with van der Waals surface area (Å²) in [7, 11) is -6.15. The summed E-state index contributed by atoms with van der Waals surface area (Å²) in [6.45, 7) is 12.4. The van der Waals surface area contributed by atoms with Crippen LogP contribution in [0.1, 0.15) is 136 Å². The van der Waals surface area contributed by atoms with Crippen molar-refractivity contribution in [2.24, 2.45) is 20.0 Å². The van der Waals surface area contributed by atoms with E-state index in [-0.39, 0.29) is 83.1 Å². The van der Waals surface area contributed by atoms with E-state index < -0.39 is 92.9 Å². The molecule has 1 saturated carbocycles. The Morgan fingerprint density at radius 2 is 1.29 bits per heavy atom. The summed E-state index contributed by atoms with van der Waals surface area (Å²) in [6, 6.07) is 7.50. The topological polar surface area (TPSA) is 284 Å². The number of aromatic nitrogens is 5. The average Bonchev–Trinajstić information content (AvgIpc) is 4.00. The molecule has 422 valence electrons. The molecule has 78 heavy (non-hydrogen) atoms. The predicted molar refractivity (Wildman–Crippen MR) is 276 cm³/mol. The number of H-pyrrole nitrogens is 1. The van der Waals surface area contributed by atoms with Crippen molar-refractivity contribution in [2.45, 2.75) is 108 Å². The van der Waals surface area contributed by atoms with Crippen LogP contribution in [0.5, 0.6) is 5.88 Å². The van der Waals surface area contributed by atoms with Crippen LogP contribution in [0.2, 0.25) is 0 Å². The third-order valence-corrected chi connectivity index (χ3v) is 18.9. The summed E-state index contributed by atoms with van der Waals surface area (Å²) in [5.74, 6) is -4.54. The Hall–Kier alpha value is -6.48. The normalized spacial score (nSPS) is 17.0. The van der Waals surface area contributed by atoms with Gasteiger partial charge in [-0.2, -0.15) is 26.7 Å². The molecule has 8 rings (SSSR count). The van der Waals surface area contributed by atoms with Gasteiger partial charge in [-0.25, -0.2) is 26.5 Å². The number of sulfone groups is 2. The predicted octanol–water partition coefficient (Wildman–Crippen LogP) is 5.85. The zero-order valence-corrected chi connectivity index (χ0v) is 47.0. The van der Waals surface area contributed by atoms with Gasteiger partial charge in [-0.1, -0.05) is 34.6 Å². The Bertz CT molecular complexity index is 3630. The number of carbonyl (C=O) groups is 5. The molecule has 2 aromatic carbocycles. The molecule has 0 amide bonds. The van der Waals surface area contributed by atoms with Crippen molar-refractivity contribution in [2.75, 3.05) is 37.6 Å². The number of hydrogen-bond acceptors (Lipinski definition) is 17. The number of aryl methyl sites for hydroxylation is 2. The fraction of sp³-hybridized carbons (Fsp3) is 0.462. The number of aromatic amines is 1. The van der Waals surface area contributed by atoms with Gasteiger partial charge >= 0.3 is 16.3 Å². The highest BCUT2D eigenvalue weighted by Gasteiger charge is 2.45. The van der Waals surface area contributed by atoms with Crippen LogP contribution < -0.4 is 9.74 Å². The third kappa shape index (κ3) is 12.5. The lowest BCUT2D eigenvalue weighted by Gasteiger charge is -2.20. The molecule has 20 nitrogen and oxygen atoms in total. The number of benzene rings is 2. The molecule has 5 aromatic rings. The summed E-state index contributed by atoms with van der Waals surface area (Å²) < 4.78 is 130. The first-order chi connectivity index (χ1) is 36.1. The van der Waals surface area contributed by atoms with Crippen molar-refractivity contribution in [1.29, 1.82) is 0 Å². The van der Waals surface area contributed by atoms with Crippen molar-refractivity contribution in [3.63, 3.8) is 0 Å². The van der Waals surface area contributed by atoms with Gasteiger partial charge in [0, 0.05) is 67.8 Å². The van der Waals surface area contributed by atoms with Crippen LogP contribution in [0.15, 0.2) is 63.4 Å². The Balaban J connectivity index is 0.000000190. The maximum atomic E-state index is 13.2. The molecule has 2 aliphatic heterocycles. The third-order valence-electron chi connectivity index (χ3n) is 13.4. The first-order valence-electron chi connectivity index (χ1n) is 24.4. The van der Waals surface area contributed by atoms with Crippen LogP contribution in [-0.4, -0.2) is 116 Å². The first kappa shape index (κ1) is 60.7. The van der Waals surface area contributed by atoms with Crippen LogP contribution in [0.4, 0.5) is 13.2 Å². The minimum atomic E-state index is -4.70. The van der Waals surface area contributed by atoms with Crippen molar-refractivity contribution in [3.8, 4) is 5.88 Å². The average molecular weight is 1150 g/mol. The lowest BCUT2D eigenvalue weighted by molar-refractivity contribution is -0.141. The second-order valence-corrected chi connectivity index (χ2v) is 26.0. The van der Waals surface area contributed by atoms with Gasteiger partial charge in [0.2, 0.25) is 5.88 Å². The molecule has 3 aliphatic rings. The lowest BCUT2D eigenvalue weighted by Crippen LogP contribution is -2.36. The number of fused-ring (bicyclic) bond motifs is 2. The molecule has 5 heterocycles. The number of hydrogen-bond donors (Lipinski definition) is 1. The van der Waals surface area contributed by atoms with Gasteiger partial charge in [-0.3, -0.25) is 33.4 Å². The number of ketones is 5. The summed E-state index contributed by atoms with van der Waals surface area (Å²) in [5.41, 5.74) is -0.0344. The van der Waals surface area contributed by atoms with E-state index in [9.17, 15) is 67.2 Å². The maximum absolute atomic E-state index is 13.2. The molecule has 3 aromatic heterocycles. The van der Waals surface area contributed by atoms with Gasteiger partial charge in [-0.05, 0) is 85.3 Å². The number of methoxy groups -OCH3 is 1. The fourth-order valence-electron chi connectivity index (χ4n) is 9.98. The number of alkyl halides is 3. The summed E-state index contributed by atoms with van der Waals surface area (Å²) in [5, 5.41) is 6.65. The molecule has 0 unspecified atom stereocenters. The second kappa shape index (κ2) is 22.7. The summed E-state index contributed by atoms with van der Waals surface area (Å²) in [6.07, 6.45) is -1.13. The fourth-order valence-corrected chi connectivity index (χ4v) is 15.5. The van der Waals surface area contributed by atoms with E-state index in [0.717, 1.165) is 6.07 Å². The standard InChI is InChI=1S/C19H24N2O6S2.C17H18F3NO5.C16H18N2O4S/c1-6-9-29(25,26)27-18-14(10-20-21(18)5)17(22)13-7-8-15-16(12(13)2)19(3,4)11-28(15,23)24;1-25-7-8-26-9-11-10(5-6-14(21-11)17(18,19)20)16(24)15-12(22)3-2-4-13(15)23;1-9-10(14(19)11-7-17-18(4)15(11)20)5-6-12-13(9)16(2,3)8-23(12,21)22/h7-8,10H,6,9,11H2,1-5H3;5-6,15H,2-4,7-9H2,1H3;5-7,17H,8H2,1-4H3. The van der Waals surface area contributed by atoms with E-state index in [2.05, 4.69) is 15.2 Å². The van der Waals surface area contributed by atoms with Crippen molar-refractivity contribution in [3.05, 3.63) is 121 Å². The number of carbonyl (C=O) groups excluding carboxylic acids is 5. The molecule has 0 saturated heterocycles. The molecular formula is C52H60F3N5O15S3. The number of nitrogens with one attached hydrogen (secondary N) is 1. The Morgan fingerprint density at radius 3 is 1.77 bits per heavy atom. The van der Waals surface area contributed by atoms with E-state index >= 15 is 0 Å². The van der Waals surface area contributed by atoms with Crippen LogP contribution in [0.25, 0.3) is 0 Å². The van der Waals surface area contributed by atoms with Gasteiger partial charge in [0.25, 0.3) is 5.56 Å². The van der Waals surface area contributed by atoms with Gasteiger partial charge < -0.3 is 18.8 Å². The molecule has 1 aliphatic carbocycles. The number of ether oxygens (including phenoxy) is 2. The van der Waals surface area contributed by atoms with Crippen LogP contribution in [-0.2, 0) is 86.6 Å². The Labute approximate surface area is 449 Å². The first-order valence-corrected chi connectivity index (χ1v) is 29.3. The van der Waals surface area contributed by atoms with Gasteiger partial charge in [-0.15, -0.1) is 0 Å². The van der Waals surface area contributed by atoms with Crippen molar-refractivity contribution < 1.29 is 76.1 Å². The van der Waals surface area contributed by atoms with Crippen LogP contribution in [0, 0.1) is 19.8 Å². The van der Waals surface area contributed by atoms with E-state index in [1.54, 1.807) is 20.8 Å². The molecule has 1 N–H and O–H groups in total. The quantitative estimate of drug-likeness (QED) is 0.0557. The highest BCUT2D eigenvalue weighted by atomic mass is 32.2. The largest absolute Gasteiger partial charge is 0.433 e. The van der Waals surface area contributed by atoms with E-state index in [0.29, 0.717) is 57.2 Å². The molecule has 0 spiro atoms. The Morgan fingerprint density at radius 1 is 0.782 bits per heavy atom. The zero-order chi connectivity index (χ0) is 58.2. The highest BCUT2D eigenvalue weighted by molar-refractivity contribution is 7.92. The number of halogens is 3. The van der Waals surface area contributed by atoms with Gasteiger partial charge in [0.1, 0.15) is 22.7 Å². The minimum absolute atomic E-state index is 0.00823. The van der Waals surface area contributed by atoms with Crippen LogP contribution >= 0.6 is 0 Å². The zero-order valence-electron chi connectivity index (χ0n) is 44.5. The second-order valence-electron chi connectivity index (χ2n) is 20.4. The number of Topliss-reactive ketones (excluding diaryl/α,β-unsaturated/α-hetero) is 3. The monoisotopic (exact) mass is 1150 g/mol. The van der Waals surface area contributed by atoms with E-state index in [4.69, 9.17) is 13.7 Å². The molecule has 0 atom stereocenters. The Kier molecular flexibility index (Phi) is 17.7. The van der Waals surface area contributed by atoms with Crippen molar-refractivity contribution >= 4 is 58.7 Å². The number of pyridine rings is 1. The maximum Gasteiger partial charge on any atom is 0.433 e. The van der Waals surface area contributed by atoms with Crippen LogP contribution in [0.3, 0.4) is 0 Å². The van der Waals surface area contributed by atoms with Gasteiger partial charge in [0.05, 0.1) is 58.8 Å². The number of rotatable bonds is 15.